The molecule has 0 atom stereocenters. The predicted molar refractivity (Wildman–Crippen MR) is 137 cm³/mol. The van der Waals surface area contributed by atoms with Crippen molar-refractivity contribution in [3.63, 3.8) is 0 Å². The van der Waals surface area contributed by atoms with Gasteiger partial charge in [0.25, 0.3) is 5.91 Å². The number of benzene rings is 3. The number of thioether (sulfide) groups is 1. The summed E-state index contributed by atoms with van der Waals surface area (Å²) in [6, 6.07) is 19.5. The Morgan fingerprint density at radius 3 is 2.44 bits per heavy atom. The molecule has 1 heterocycles. The number of nitrogens with zero attached hydrogens (tertiary/aromatic N) is 1. The van der Waals surface area contributed by atoms with Crippen LogP contribution in [0.5, 0.6) is 17.2 Å². The van der Waals surface area contributed by atoms with Gasteiger partial charge in [-0.05, 0) is 72.6 Å². The molecule has 0 bridgehead atoms. The third kappa shape index (κ3) is 5.61. The lowest BCUT2D eigenvalue weighted by atomic mass is 10.1. The SMILES string of the molecule is COc1ccc(C)cc1N=C1NC(=O)/C(=C/c2ccc(OCc3cccc(C)c3)c(OC)c2)S1. The number of amidine groups is 1. The summed E-state index contributed by atoms with van der Waals surface area (Å²) in [4.78, 5) is 17.7. The van der Waals surface area contributed by atoms with E-state index in [-0.39, 0.29) is 5.91 Å². The van der Waals surface area contributed by atoms with Crippen LogP contribution in [0.2, 0.25) is 0 Å². The number of ether oxygens (including phenoxy) is 3. The molecule has 1 saturated heterocycles. The maximum atomic E-state index is 12.5. The molecule has 174 valence electrons. The van der Waals surface area contributed by atoms with Crippen LogP contribution in [0.1, 0.15) is 22.3 Å². The van der Waals surface area contributed by atoms with Crippen LogP contribution >= 0.6 is 11.8 Å². The van der Waals surface area contributed by atoms with Crippen LogP contribution in [0.15, 0.2) is 70.6 Å². The summed E-state index contributed by atoms with van der Waals surface area (Å²) in [7, 11) is 3.20. The minimum Gasteiger partial charge on any atom is -0.494 e. The van der Waals surface area contributed by atoms with E-state index in [1.807, 2.05) is 61.5 Å². The lowest BCUT2D eigenvalue weighted by molar-refractivity contribution is -0.115. The van der Waals surface area contributed by atoms with Gasteiger partial charge in [0.15, 0.2) is 16.7 Å². The zero-order valence-electron chi connectivity index (χ0n) is 19.5. The van der Waals surface area contributed by atoms with Crippen LogP contribution in [0.3, 0.4) is 0 Å². The maximum Gasteiger partial charge on any atom is 0.264 e. The van der Waals surface area contributed by atoms with Gasteiger partial charge in [0.05, 0.1) is 19.1 Å². The van der Waals surface area contributed by atoms with Gasteiger partial charge in [-0.3, -0.25) is 4.79 Å². The van der Waals surface area contributed by atoms with Gasteiger partial charge in [0, 0.05) is 0 Å². The number of aliphatic imine (C=N–C) groups is 1. The first-order valence-electron chi connectivity index (χ1n) is 10.8. The van der Waals surface area contributed by atoms with Crippen molar-refractivity contribution in [2.45, 2.75) is 20.5 Å². The van der Waals surface area contributed by atoms with Crippen LogP contribution < -0.4 is 19.5 Å². The maximum absolute atomic E-state index is 12.5. The normalized spacial score (nSPS) is 15.5. The fourth-order valence-electron chi connectivity index (χ4n) is 3.48. The minimum atomic E-state index is -0.200. The Labute approximate surface area is 203 Å². The largest absolute Gasteiger partial charge is 0.494 e. The lowest BCUT2D eigenvalue weighted by Crippen LogP contribution is -2.19. The summed E-state index contributed by atoms with van der Waals surface area (Å²) in [5.74, 6) is 1.69. The molecule has 7 heteroatoms. The highest BCUT2D eigenvalue weighted by Crippen LogP contribution is 2.34. The number of rotatable bonds is 7. The Bertz CT molecular complexity index is 1280. The van der Waals surface area contributed by atoms with Crippen LogP contribution in [-0.2, 0) is 11.4 Å². The Morgan fingerprint density at radius 2 is 1.68 bits per heavy atom. The smallest absolute Gasteiger partial charge is 0.264 e. The van der Waals surface area contributed by atoms with Crippen molar-refractivity contribution in [2.24, 2.45) is 4.99 Å². The molecule has 1 amide bonds. The number of aryl methyl sites for hydroxylation is 2. The van der Waals surface area contributed by atoms with Crippen LogP contribution in [0, 0.1) is 13.8 Å². The molecule has 0 unspecified atom stereocenters. The first kappa shape index (κ1) is 23.4. The van der Waals surface area contributed by atoms with Gasteiger partial charge < -0.3 is 19.5 Å². The first-order valence-corrected chi connectivity index (χ1v) is 11.6. The first-order chi connectivity index (χ1) is 16.4. The zero-order chi connectivity index (χ0) is 24.1. The second-order valence-corrected chi connectivity index (χ2v) is 8.88. The Kier molecular flexibility index (Phi) is 7.23. The summed E-state index contributed by atoms with van der Waals surface area (Å²) >= 11 is 1.28. The second kappa shape index (κ2) is 10.5. The molecule has 0 spiro atoms. The van der Waals surface area contributed by atoms with Gasteiger partial charge in [-0.25, -0.2) is 4.99 Å². The molecule has 1 N–H and O–H groups in total. The average molecular weight is 475 g/mol. The standard InChI is InChI=1S/C27H26N2O4S/c1-17-6-5-7-20(12-17)16-33-23-11-9-19(14-24(23)32-4)15-25-26(30)29-27(34-25)28-21-13-18(2)8-10-22(21)31-3/h5-15H,16H2,1-4H3,(H,28,29,30)/b25-15-. The van der Waals surface area contributed by atoms with E-state index >= 15 is 0 Å². The third-order valence-corrected chi connectivity index (χ3v) is 6.08. The molecule has 0 aromatic heterocycles. The molecule has 0 radical (unpaired) electrons. The molecular weight excluding hydrogens is 448 g/mol. The van der Waals surface area contributed by atoms with Gasteiger partial charge in [-0.2, -0.15) is 0 Å². The number of amides is 1. The van der Waals surface area contributed by atoms with E-state index in [2.05, 4.69) is 29.4 Å². The summed E-state index contributed by atoms with van der Waals surface area (Å²) in [6.45, 7) is 4.48. The molecule has 4 rings (SSSR count). The van der Waals surface area contributed by atoms with Gasteiger partial charge in [0.1, 0.15) is 18.0 Å². The number of methoxy groups -OCH3 is 2. The van der Waals surface area contributed by atoms with Crippen molar-refractivity contribution in [1.82, 2.24) is 5.32 Å². The summed E-state index contributed by atoms with van der Waals surface area (Å²) in [5.41, 5.74) is 4.83. The van der Waals surface area contributed by atoms with Gasteiger partial charge in [-0.15, -0.1) is 0 Å². The predicted octanol–water partition coefficient (Wildman–Crippen LogP) is 5.79. The van der Waals surface area contributed by atoms with E-state index in [0.29, 0.717) is 39.6 Å². The zero-order valence-corrected chi connectivity index (χ0v) is 20.4. The molecule has 1 aliphatic heterocycles. The van der Waals surface area contributed by atoms with E-state index in [1.165, 1.54) is 17.3 Å². The number of carbonyl (C=O) groups is 1. The molecule has 34 heavy (non-hydrogen) atoms. The van der Waals surface area contributed by atoms with E-state index in [0.717, 1.165) is 16.7 Å². The molecule has 3 aromatic rings. The number of carbonyl (C=O) groups excluding carboxylic acids is 1. The molecule has 3 aromatic carbocycles. The minimum absolute atomic E-state index is 0.200. The van der Waals surface area contributed by atoms with E-state index in [4.69, 9.17) is 14.2 Å². The van der Waals surface area contributed by atoms with E-state index in [9.17, 15) is 4.79 Å². The number of hydrogen-bond acceptors (Lipinski definition) is 6. The molecule has 1 aliphatic rings. The Balaban J connectivity index is 1.51. The Morgan fingerprint density at radius 1 is 0.912 bits per heavy atom. The highest BCUT2D eigenvalue weighted by molar-refractivity contribution is 8.18. The average Bonchev–Trinajstić information content (AvgIpc) is 3.16. The summed E-state index contributed by atoms with van der Waals surface area (Å²) in [6.07, 6.45) is 1.81. The molecule has 0 saturated carbocycles. The third-order valence-electron chi connectivity index (χ3n) is 5.17. The van der Waals surface area contributed by atoms with Gasteiger partial charge in [0.2, 0.25) is 0 Å². The quantitative estimate of drug-likeness (QED) is 0.439. The fraction of sp³-hybridized carbons (Fsp3) is 0.185. The van der Waals surface area contributed by atoms with Gasteiger partial charge >= 0.3 is 0 Å². The van der Waals surface area contributed by atoms with Crippen molar-refractivity contribution in [3.05, 3.63) is 87.8 Å². The molecular formula is C27H26N2O4S. The highest BCUT2D eigenvalue weighted by Gasteiger charge is 2.24. The van der Waals surface area contributed by atoms with E-state index in [1.54, 1.807) is 14.2 Å². The van der Waals surface area contributed by atoms with Crippen molar-refractivity contribution in [2.75, 3.05) is 14.2 Å². The van der Waals surface area contributed by atoms with Crippen LogP contribution in [-0.4, -0.2) is 25.3 Å². The van der Waals surface area contributed by atoms with Crippen molar-refractivity contribution >= 4 is 34.6 Å². The van der Waals surface area contributed by atoms with Crippen molar-refractivity contribution in [3.8, 4) is 17.2 Å². The highest BCUT2D eigenvalue weighted by atomic mass is 32.2. The fourth-order valence-corrected chi connectivity index (χ4v) is 4.32. The molecule has 6 nitrogen and oxygen atoms in total. The van der Waals surface area contributed by atoms with Gasteiger partial charge in [-0.1, -0.05) is 42.0 Å². The monoisotopic (exact) mass is 474 g/mol. The summed E-state index contributed by atoms with van der Waals surface area (Å²) in [5, 5.41) is 3.33. The summed E-state index contributed by atoms with van der Waals surface area (Å²) < 4.78 is 16.9. The topological polar surface area (TPSA) is 69.2 Å². The van der Waals surface area contributed by atoms with E-state index < -0.39 is 0 Å². The van der Waals surface area contributed by atoms with Crippen LogP contribution in [0.4, 0.5) is 5.69 Å². The number of hydrogen-bond donors (Lipinski definition) is 1. The molecule has 0 aliphatic carbocycles. The second-order valence-electron chi connectivity index (χ2n) is 7.85. The Hall–Kier alpha value is -3.71. The number of nitrogens with one attached hydrogen (secondary N) is 1. The lowest BCUT2D eigenvalue weighted by Gasteiger charge is -2.12. The molecule has 1 fully saturated rings. The van der Waals surface area contributed by atoms with Crippen molar-refractivity contribution < 1.29 is 19.0 Å². The van der Waals surface area contributed by atoms with Crippen LogP contribution in [0.25, 0.3) is 6.08 Å². The van der Waals surface area contributed by atoms with Crippen molar-refractivity contribution in [1.29, 1.82) is 0 Å².